The zero-order chi connectivity index (χ0) is 10.7. The van der Waals surface area contributed by atoms with Gasteiger partial charge in [-0.15, -0.1) is 0 Å². The first-order chi connectivity index (χ1) is 7.35. The lowest BCUT2D eigenvalue weighted by Crippen LogP contribution is -1.93. The predicted octanol–water partition coefficient (Wildman–Crippen LogP) is 2.18. The third-order valence-electron chi connectivity index (χ3n) is 2.35. The number of hydrogen-bond acceptors (Lipinski definition) is 4. The van der Waals surface area contributed by atoms with Crippen LogP contribution in [-0.2, 0) is 6.42 Å². The monoisotopic (exact) mass is 207 g/mol. The molecule has 0 bridgehead atoms. The highest BCUT2D eigenvalue weighted by Crippen LogP contribution is 2.34. The van der Waals surface area contributed by atoms with E-state index in [1.165, 1.54) is 6.21 Å². The van der Waals surface area contributed by atoms with E-state index in [-0.39, 0.29) is 6.79 Å². The summed E-state index contributed by atoms with van der Waals surface area (Å²) in [5, 5.41) is 11.6. The first kappa shape index (κ1) is 9.83. The third kappa shape index (κ3) is 1.88. The Labute approximate surface area is 88.1 Å². The van der Waals surface area contributed by atoms with Crippen LogP contribution in [0.5, 0.6) is 11.5 Å². The van der Waals surface area contributed by atoms with Gasteiger partial charge in [0.2, 0.25) is 6.79 Å². The SMILES string of the molecule is CCCc1cc2c(cc1/C=N\O)OCO2. The average Bonchev–Trinajstić information content (AvgIpc) is 2.66. The molecule has 0 spiro atoms. The second kappa shape index (κ2) is 4.21. The molecule has 80 valence electrons. The molecule has 4 nitrogen and oxygen atoms in total. The summed E-state index contributed by atoms with van der Waals surface area (Å²) in [5.74, 6) is 1.48. The van der Waals surface area contributed by atoms with Gasteiger partial charge in [0.05, 0.1) is 6.21 Å². The molecule has 1 aromatic rings. The molecule has 0 unspecified atom stereocenters. The number of hydrogen-bond donors (Lipinski definition) is 1. The van der Waals surface area contributed by atoms with Crippen molar-refractivity contribution >= 4 is 6.21 Å². The molecule has 0 amide bonds. The lowest BCUT2D eigenvalue weighted by atomic mass is 10.0. The molecule has 1 heterocycles. The second-order valence-electron chi connectivity index (χ2n) is 3.40. The van der Waals surface area contributed by atoms with Crippen LogP contribution in [0, 0.1) is 0 Å². The Hall–Kier alpha value is -1.71. The summed E-state index contributed by atoms with van der Waals surface area (Å²) in [6.07, 6.45) is 3.39. The Balaban J connectivity index is 2.42. The summed E-state index contributed by atoms with van der Waals surface area (Å²) < 4.78 is 10.5. The van der Waals surface area contributed by atoms with Crippen molar-refractivity contribution in [2.24, 2.45) is 5.16 Å². The molecule has 0 aromatic heterocycles. The first-order valence-electron chi connectivity index (χ1n) is 4.95. The van der Waals surface area contributed by atoms with Crippen molar-refractivity contribution in [3.8, 4) is 11.5 Å². The molecule has 2 rings (SSSR count). The van der Waals surface area contributed by atoms with Crippen molar-refractivity contribution in [1.29, 1.82) is 0 Å². The first-order valence-corrected chi connectivity index (χ1v) is 4.95. The van der Waals surface area contributed by atoms with E-state index in [0.29, 0.717) is 5.75 Å². The quantitative estimate of drug-likeness (QED) is 0.469. The molecular weight excluding hydrogens is 194 g/mol. The molecule has 1 N–H and O–H groups in total. The Bertz CT molecular complexity index is 388. The van der Waals surface area contributed by atoms with Gasteiger partial charge in [-0.2, -0.15) is 0 Å². The zero-order valence-corrected chi connectivity index (χ0v) is 8.56. The van der Waals surface area contributed by atoms with Gasteiger partial charge in [0.25, 0.3) is 0 Å². The van der Waals surface area contributed by atoms with Crippen LogP contribution < -0.4 is 9.47 Å². The van der Waals surface area contributed by atoms with Crippen LogP contribution >= 0.6 is 0 Å². The maximum Gasteiger partial charge on any atom is 0.231 e. The molecular formula is C11H13NO3. The van der Waals surface area contributed by atoms with Gasteiger partial charge in [-0.1, -0.05) is 18.5 Å². The molecule has 0 fully saturated rings. The largest absolute Gasteiger partial charge is 0.454 e. The van der Waals surface area contributed by atoms with E-state index < -0.39 is 0 Å². The van der Waals surface area contributed by atoms with Gasteiger partial charge < -0.3 is 14.7 Å². The van der Waals surface area contributed by atoms with Crippen molar-refractivity contribution in [2.45, 2.75) is 19.8 Å². The predicted molar refractivity (Wildman–Crippen MR) is 55.9 cm³/mol. The van der Waals surface area contributed by atoms with Crippen molar-refractivity contribution < 1.29 is 14.7 Å². The van der Waals surface area contributed by atoms with Gasteiger partial charge in [-0.05, 0) is 24.1 Å². The Morgan fingerprint density at radius 2 is 2.13 bits per heavy atom. The minimum atomic E-state index is 0.265. The summed E-state index contributed by atoms with van der Waals surface area (Å²) in [5.41, 5.74) is 1.99. The molecule has 1 aliphatic rings. The minimum absolute atomic E-state index is 0.265. The fraction of sp³-hybridized carbons (Fsp3) is 0.364. The number of rotatable bonds is 3. The topological polar surface area (TPSA) is 51.1 Å². The van der Waals surface area contributed by atoms with E-state index in [4.69, 9.17) is 14.7 Å². The van der Waals surface area contributed by atoms with Crippen molar-refractivity contribution in [3.05, 3.63) is 23.3 Å². The lowest BCUT2D eigenvalue weighted by molar-refractivity contribution is 0.174. The van der Waals surface area contributed by atoms with Gasteiger partial charge in [0.15, 0.2) is 11.5 Å². The average molecular weight is 207 g/mol. The number of nitrogens with zero attached hydrogens (tertiary/aromatic N) is 1. The van der Waals surface area contributed by atoms with E-state index in [1.54, 1.807) is 0 Å². The van der Waals surface area contributed by atoms with Gasteiger partial charge >= 0.3 is 0 Å². The fourth-order valence-corrected chi connectivity index (χ4v) is 1.67. The maximum atomic E-state index is 8.56. The molecule has 15 heavy (non-hydrogen) atoms. The van der Waals surface area contributed by atoms with Gasteiger partial charge in [0.1, 0.15) is 0 Å². The van der Waals surface area contributed by atoms with Crippen molar-refractivity contribution in [2.75, 3.05) is 6.79 Å². The second-order valence-corrected chi connectivity index (χ2v) is 3.40. The summed E-state index contributed by atoms with van der Waals surface area (Å²) in [6, 6.07) is 3.79. The lowest BCUT2D eigenvalue weighted by Gasteiger charge is -2.05. The summed E-state index contributed by atoms with van der Waals surface area (Å²) in [4.78, 5) is 0. The molecule has 0 saturated carbocycles. The number of oxime groups is 1. The molecule has 0 saturated heterocycles. The molecule has 1 aromatic carbocycles. The van der Waals surface area contributed by atoms with Crippen LogP contribution in [0.15, 0.2) is 17.3 Å². The fourth-order valence-electron chi connectivity index (χ4n) is 1.67. The van der Waals surface area contributed by atoms with Crippen molar-refractivity contribution in [3.63, 3.8) is 0 Å². The minimum Gasteiger partial charge on any atom is -0.454 e. The smallest absolute Gasteiger partial charge is 0.231 e. The van der Waals surface area contributed by atoms with Gasteiger partial charge in [-0.3, -0.25) is 0 Å². The summed E-state index contributed by atoms with van der Waals surface area (Å²) in [6.45, 7) is 2.37. The number of ether oxygens (including phenoxy) is 2. The Morgan fingerprint density at radius 1 is 1.40 bits per heavy atom. The molecule has 0 atom stereocenters. The standard InChI is InChI=1S/C11H13NO3/c1-2-3-8-4-10-11(15-7-14-10)5-9(8)6-12-13/h4-6,13H,2-3,7H2,1H3/b12-6-. The third-order valence-corrected chi connectivity index (χ3v) is 2.35. The molecule has 1 aliphatic heterocycles. The summed E-state index contributed by atoms with van der Waals surface area (Å²) in [7, 11) is 0. The van der Waals surface area contributed by atoms with Crippen LogP contribution in [0.3, 0.4) is 0 Å². The van der Waals surface area contributed by atoms with E-state index in [0.717, 1.165) is 29.7 Å². The van der Waals surface area contributed by atoms with Crippen LogP contribution in [0.1, 0.15) is 24.5 Å². The van der Waals surface area contributed by atoms with Gasteiger partial charge in [0, 0.05) is 5.56 Å². The number of aryl methyl sites for hydroxylation is 1. The molecule has 0 radical (unpaired) electrons. The Kier molecular flexibility index (Phi) is 2.76. The van der Waals surface area contributed by atoms with Gasteiger partial charge in [-0.25, -0.2) is 0 Å². The summed E-state index contributed by atoms with van der Waals surface area (Å²) >= 11 is 0. The number of fused-ring (bicyclic) bond motifs is 1. The van der Waals surface area contributed by atoms with E-state index in [1.807, 2.05) is 12.1 Å². The highest BCUT2D eigenvalue weighted by molar-refractivity contribution is 5.83. The van der Waals surface area contributed by atoms with Crippen LogP contribution in [0.25, 0.3) is 0 Å². The zero-order valence-electron chi connectivity index (χ0n) is 8.56. The van der Waals surface area contributed by atoms with Crippen LogP contribution in [0.4, 0.5) is 0 Å². The van der Waals surface area contributed by atoms with Crippen molar-refractivity contribution in [1.82, 2.24) is 0 Å². The van der Waals surface area contributed by atoms with E-state index >= 15 is 0 Å². The van der Waals surface area contributed by atoms with E-state index in [9.17, 15) is 0 Å². The number of benzene rings is 1. The van der Waals surface area contributed by atoms with Crippen LogP contribution in [0.2, 0.25) is 0 Å². The Morgan fingerprint density at radius 3 is 2.80 bits per heavy atom. The highest BCUT2D eigenvalue weighted by Gasteiger charge is 2.16. The highest BCUT2D eigenvalue weighted by atomic mass is 16.7. The van der Waals surface area contributed by atoms with Crippen LogP contribution in [-0.4, -0.2) is 18.2 Å². The maximum absolute atomic E-state index is 8.56. The normalized spacial score (nSPS) is 13.7. The molecule has 0 aliphatic carbocycles. The molecule has 4 heteroatoms. The van der Waals surface area contributed by atoms with E-state index in [2.05, 4.69) is 12.1 Å².